The minimum Gasteiger partial charge on any atom is -0.444 e. The molecule has 196 valence electrons. The highest BCUT2D eigenvalue weighted by atomic mass is 32.1. The quantitative estimate of drug-likeness (QED) is 0.351. The van der Waals surface area contributed by atoms with Crippen LogP contribution in [-0.4, -0.2) is 49.5 Å². The molecule has 2 N–H and O–H groups in total. The summed E-state index contributed by atoms with van der Waals surface area (Å²) in [6.45, 7) is 5.60. The molecule has 38 heavy (non-hydrogen) atoms. The zero-order chi connectivity index (χ0) is 26.9. The Kier molecular flexibility index (Phi) is 6.99. The Morgan fingerprint density at radius 1 is 1.18 bits per heavy atom. The summed E-state index contributed by atoms with van der Waals surface area (Å²) < 4.78 is 7.26. The Morgan fingerprint density at radius 2 is 1.97 bits per heavy atom. The first-order valence-electron chi connectivity index (χ1n) is 12.6. The highest BCUT2D eigenvalue weighted by Gasteiger charge is 2.28. The zero-order valence-corrected chi connectivity index (χ0v) is 22.7. The molecule has 0 unspecified atom stereocenters. The van der Waals surface area contributed by atoms with Gasteiger partial charge in [-0.25, -0.2) is 14.8 Å². The maximum absolute atomic E-state index is 12.1. The number of fused-ring (bicyclic) bond motifs is 1. The van der Waals surface area contributed by atoms with Gasteiger partial charge in [0, 0.05) is 54.7 Å². The standard InChI is InChI=1S/C27H30N8O2S/c1-27(2,3)37-26(36)32-18-7-5-16(6-8-18)24-33-34-25(38-24)20-15-31-22(13-21(20)29-4)35-12-10-19-17(14-28)9-11-30-23(19)35/h9-13,15-16,18H,5-8H2,1-4H3,(H,29,31)(H,32,36). The summed E-state index contributed by atoms with van der Waals surface area (Å²) in [6, 6.07) is 7.86. The van der Waals surface area contributed by atoms with Crippen molar-refractivity contribution in [3.05, 3.63) is 47.4 Å². The molecule has 11 heteroatoms. The molecule has 0 aliphatic heterocycles. The maximum Gasteiger partial charge on any atom is 0.407 e. The van der Waals surface area contributed by atoms with Crippen molar-refractivity contribution in [1.29, 1.82) is 5.26 Å². The second kappa shape index (κ2) is 10.4. The fraction of sp³-hybridized carbons (Fsp3) is 0.407. The number of pyridine rings is 2. The molecule has 0 radical (unpaired) electrons. The number of rotatable bonds is 5. The van der Waals surface area contributed by atoms with Crippen molar-refractivity contribution in [2.24, 2.45) is 0 Å². The maximum atomic E-state index is 12.1. The first-order valence-corrected chi connectivity index (χ1v) is 13.4. The van der Waals surface area contributed by atoms with Crippen molar-refractivity contribution in [2.75, 3.05) is 12.4 Å². The van der Waals surface area contributed by atoms with E-state index in [-0.39, 0.29) is 12.1 Å². The van der Waals surface area contributed by atoms with Crippen molar-refractivity contribution in [3.8, 4) is 22.5 Å². The van der Waals surface area contributed by atoms with Gasteiger partial charge < -0.3 is 15.4 Å². The van der Waals surface area contributed by atoms with Gasteiger partial charge in [-0.15, -0.1) is 10.2 Å². The highest BCUT2D eigenvalue weighted by molar-refractivity contribution is 7.14. The van der Waals surface area contributed by atoms with E-state index in [4.69, 9.17) is 4.74 Å². The lowest BCUT2D eigenvalue weighted by Gasteiger charge is -2.29. The number of alkyl carbamates (subject to hydrolysis) is 1. The van der Waals surface area contributed by atoms with Gasteiger partial charge >= 0.3 is 6.09 Å². The Bertz CT molecular complexity index is 1510. The van der Waals surface area contributed by atoms with Crippen molar-refractivity contribution >= 4 is 34.2 Å². The van der Waals surface area contributed by atoms with Crippen molar-refractivity contribution in [1.82, 2.24) is 30.0 Å². The van der Waals surface area contributed by atoms with E-state index in [0.717, 1.165) is 52.3 Å². The van der Waals surface area contributed by atoms with Gasteiger partial charge in [-0.1, -0.05) is 11.3 Å². The van der Waals surface area contributed by atoms with E-state index in [0.29, 0.717) is 22.9 Å². The molecule has 0 saturated heterocycles. The van der Waals surface area contributed by atoms with Crippen LogP contribution in [0.3, 0.4) is 0 Å². The minimum atomic E-state index is -0.503. The molecular weight excluding hydrogens is 500 g/mol. The first kappa shape index (κ1) is 25.6. The molecule has 1 fully saturated rings. The molecule has 5 rings (SSSR count). The van der Waals surface area contributed by atoms with Crippen LogP contribution >= 0.6 is 11.3 Å². The number of aromatic nitrogens is 5. The number of hydrogen-bond donors (Lipinski definition) is 2. The monoisotopic (exact) mass is 530 g/mol. The van der Waals surface area contributed by atoms with Crippen molar-refractivity contribution in [3.63, 3.8) is 0 Å². The van der Waals surface area contributed by atoms with Gasteiger partial charge in [0.15, 0.2) is 5.01 Å². The predicted octanol–water partition coefficient (Wildman–Crippen LogP) is 5.40. The SMILES string of the molecule is CNc1cc(-n2ccc3c(C#N)ccnc32)ncc1-c1nnc(C2CCC(NC(=O)OC(C)(C)C)CC2)s1. The second-order valence-electron chi connectivity index (χ2n) is 10.4. The van der Waals surface area contributed by atoms with Crippen LogP contribution in [0.4, 0.5) is 10.5 Å². The number of amides is 1. The normalized spacial score (nSPS) is 17.7. The summed E-state index contributed by atoms with van der Waals surface area (Å²) in [7, 11) is 1.86. The molecule has 4 aromatic heterocycles. The fourth-order valence-electron chi connectivity index (χ4n) is 4.74. The first-order chi connectivity index (χ1) is 18.3. The van der Waals surface area contributed by atoms with Gasteiger partial charge in [0.25, 0.3) is 0 Å². The van der Waals surface area contributed by atoms with Crippen LogP contribution in [0.1, 0.15) is 62.9 Å². The van der Waals surface area contributed by atoms with Crippen LogP contribution in [0.5, 0.6) is 0 Å². The van der Waals surface area contributed by atoms with Crippen LogP contribution in [0, 0.1) is 11.3 Å². The third-order valence-corrected chi connectivity index (χ3v) is 7.70. The molecule has 1 aliphatic rings. The zero-order valence-electron chi connectivity index (χ0n) is 21.9. The fourth-order valence-corrected chi connectivity index (χ4v) is 5.78. The summed E-state index contributed by atoms with van der Waals surface area (Å²) in [4.78, 5) is 21.2. The third kappa shape index (κ3) is 5.31. The Labute approximate surface area is 225 Å². The number of nitriles is 1. The average Bonchev–Trinajstić information content (AvgIpc) is 3.55. The number of hydrogen-bond acceptors (Lipinski definition) is 9. The van der Waals surface area contributed by atoms with Gasteiger partial charge in [0.05, 0.1) is 17.2 Å². The molecule has 1 amide bonds. The van der Waals surface area contributed by atoms with Gasteiger partial charge in [0.2, 0.25) is 0 Å². The van der Waals surface area contributed by atoms with Gasteiger partial charge in [0.1, 0.15) is 22.1 Å². The summed E-state index contributed by atoms with van der Waals surface area (Å²) >= 11 is 1.59. The summed E-state index contributed by atoms with van der Waals surface area (Å²) in [5.74, 6) is 1.01. The second-order valence-corrected chi connectivity index (χ2v) is 11.4. The van der Waals surface area contributed by atoms with E-state index in [1.807, 2.05) is 50.7 Å². The number of anilines is 1. The van der Waals surface area contributed by atoms with E-state index >= 15 is 0 Å². The van der Waals surface area contributed by atoms with Gasteiger partial charge in [-0.3, -0.25) is 4.57 Å². The smallest absolute Gasteiger partial charge is 0.407 e. The number of nitrogens with one attached hydrogen (secondary N) is 2. The topological polar surface area (TPSA) is 131 Å². The average molecular weight is 531 g/mol. The lowest BCUT2D eigenvalue weighted by molar-refractivity contribution is 0.0491. The van der Waals surface area contributed by atoms with Crippen molar-refractivity contribution < 1.29 is 9.53 Å². The van der Waals surface area contributed by atoms with E-state index in [2.05, 4.69) is 36.9 Å². The molecule has 0 spiro atoms. The molecule has 4 heterocycles. The number of nitrogens with zero attached hydrogens (tertiary/aromatic N) is 6. The van der Waals surface area contributed by atoms with Crippen LogP contribution < -0.4 is 10.6 Å². The molecule has 10 nitrogen and oxygen atoms in total. The van der Waals surface area contributed by atoms with E-state index in [1.54, 1.807) is 29.8 Å². The van der Waals surface area contributed by atoms with Crippen LogP contribution in [0.25, 0.3) is 27.4 Å². The molecule has 1 aliphatic carbocycles. The lowest BCUT2D eigenvalue weighted by atomic mass is 9.86. The third-order valence-electron chi connectivity index (χ3n) is 6.58. The van der Waals surface area contributed by atoms with Gasteiger partial charge in [-0.2, -0.15) is 5.26 Å². The van der Waals surface area contributed by atoms with Crippen molar-refractivity contribution in [2.45, 2.75) is 64.0 Å². The predicted molar refractivity (Wildman–Crippen MR) is 146 cm³/mol. The number of carbonyl (C=O) groups is 1. The summed E-state index contributed by atoms with van der Waals surface area (Å²) in [6.07, 6.45) is 8.57. The Morgan fingerprint density at radius 3 is 2.68 bits per heavy atom. The molecule has 0 atom stereocenters. The molecular formula is C27H30N8O2S. The Hall–Kier alpha value is -4.04. The minimum absolute atomic E-state index is 0.115. The van der Waals surface area contributed by atoms with Gasteiger partial charge in [-0.05, 0) is 58.6 Å². The molecule has 0 aromatic carbocycles. The van der Waals surface area contributed by atoms with Crippen LogP contribution in [-0.2, 0) is 4.74 Å². The molecule has 4 aromatic rings. The van der Waals surface area contributed by atoms with E-state index in [1.165, 1.54) is 0 Å². The lowest BCUT2D eigenvalue weighted by Crippen LogP contribution is -2.40. The molecule has 0 bridgehead atoms. The summed E-state index contributed by atoms with van der Waals surface area (Å²) in [5.41, 5.74) is 2.51. The molecule has 1 saturated carbocycles. The Balaban J connectivity index is 1.30. The summed E-state index contributed by atoms with van der Waals surface area (Å²) in [5, 5.41) is 27.2. The van der Waals surface area contributed by atoms with E-state index in [9.17, 15) is 10.1 Å². The highest BCUT2D eigenvalue weighted by Crippen LogP contribution is 2.38. The largest absolute Gasteiger partial charge is 0.444 e. The van der Waals surface area contributed by atoms with E-state index < -0.39 is 5.60 Å². The van der Waals surface area contributed by atoms with Crippen LogP contribution in [0.2, 0.25) is 0 Å². The van der Waals surface area contributed by atoms with Crippen LogP contribution in [0.15, 0.2) is 36.8 Å². The number of ether oxygens (including phenoxy) is 1. The number of carbonyl (C=O) groups excluding carboxylic acids is 1.